The molecule has 2 fully saturated rings. The van der Waals surface area contributed by atoms with Crippen molar-refractivity contribution in [2.24, 2.45) is 0 Å². The Morgan fingerprint density at radius 3 is 2.16 bits per heavy atom. The number of likely N-dealkylation sites (tertiary alicyclic amines) is 1. The summed E-state index contributed by atoms with van der Waals surface area (Å²) in [6.45, 7) is 2.52. The predicted molar refractivity (Wildman–Crippen MR) is 95.4 cm³/mol. The number of nitrogens with zero attached hydrogens (tertiary/aromatic N) is 2. The molecule has 0 aliphatic carbocycles. The van der Waals surface area contributed by atoms with Gasteiger partial charge in [-0.05, 0) is 43.9 Å². The number of rotatable bonds is 4. The Morgan fingerprint density at radius 1 is 0.960 bits per heavy atom. The van der Waals surface area contributed by atoms with Crippen LogP contribution in [0.5, 0.6) is 5.75 Å². The van der Waals surface area contributed by atoms with Crippen LogP contribution in [0.15, 0.2) is 23.1 Å². The van der Waals surface area contributed by atoms with E-state index in [0.717, 1.165) is 38.5 Å². The lowest BCUT2D eigenvalue weighted by Gasteiger charge is -2.22. The van der Waals surface area contributed by atoms with Gasteiger partial charge in [-0.3, -0.25) is 4.79 Å². The topological polar surface area (TPSA) is 66.9 Å². The van der Waals surface area contributed by atoms with Gasteiger partial charge in [-0.2, -0.15) is 4.31 Å². The Bertz CT molecular complexity index is 719. The van der Waals surface area contributed by atoms with Crippen molar-refractivity contribution in [2.75, 3.05) is 33.3 Å². The molecule has 2 aliphatic rings. The van der Waals surface area contributed by atoms with Crippen LogP contribution in [0, 0.1) is 0 Å². The summed E-state index contributed by atoms with van der Waals surface area (Å²) in [4.78, 5) is 14.7. The van der Waals surface area contributed by atoms with Crippen molar-refractivity contribution < 1.29 is 17.9 Å². The van der Waals surface area contributed by atoms with Crippen LogP contribution in [0.3, 0.4) is 0 Å². The molecule has 2 saturated heterocycles. The summed E-state index contributed by atoms with van der Waals surface area (Å²) in [5.74, 6) is 0.272. The number of amides is 1. The van der Waals surface area contributed by atoms with E-state index in [9.17, 15) is 13.2 Å². The van der Waals surface area contributed by atoms with E-state index in [-0.39, 0.29) is 10.8 Å². The first-order valence-corrected chi connectivity index (χ1v) is 10.5. The zero-order valence-corrected chi connectivity index (χ0v) is 15.6. The highest BCUT2D eigenvalue weighted by Gasteiger charge is 2.28. The molecule has 25 heavy (non-hydrogen) atoms. The minimum absolute atomic E-state index is 0.151. The molecule has 2 aliphatic heterocycles. The molecule has 2 heterocycles. The maximum Gasteiger partial charge on any atom is 0.257 e. The second-order valence-electron chi connectivity index (χ2n) is 6.68. The molecule has 6 nitrogen and oxygen atoms in total. The molecule has 0 N–H and O–H groups in total. The smallest absolute Gasteiger partial charge is 0.257 e. The van der Waals surface area contributed by atoms with Gasteiger partial charge in [-0.1, -0.05) is 12.8 Å². The van der Waals surface area contributed by atoms with Crippen LogP contribution in [0.25, 0.3) is 0 Å². The van der Waals surface area contributed by atoms with Crippen LogP contribution in [0.2, 0.25) is 0 Å². The molecule has 0 atom stereocenters. The van der Waals surface area contributed by atoms with E-state index in [1.165, 1.54) is 13.2 Å². The van der Waals surface area contributed by atoms with E-state index >= 15 is 0 Å². The number of hydrogen-bond donors (Lipinski definition) is 0. The van der Waals surface area contributed by atoms with Gasteiger partial charge < -0.3 is 9.64 Å². The van der Waals surface area contributed by atoms with Gasteiger partial charge in [-0.15, -0.1) is 0 Å². The summed E-state index contributed by atoms with van der Waals surface area (Å²) in [6, 6.07) is 4.62. The van der Waals surface area contributed by atoms with Crippen molar-refractivity contribution in [3.8, 4) is 5.75 Å². The average molecular weight is 366 g/mol. The zero-order chi connectivity index (χ0) is 17.9. The average Bonchev–Trinajstić information content (AvgIpc) is 3.02. The third kappa shape index (κ3) is 3.82. The summed E-state index contributed by atoms with van der Waals surface area (Å²) >= 11 is 0. The molecular formula is C18H26N2O4S. The molecule has 0 bridgehead atoms. The summed E-state index contributed by atoms with van der Waals surface area (Å²) in [5, 5.41) is 0. The molecule has 0 aromatic heterocycles. The monoisotopic (exact) mass is 366 g/mol. The molecule has 1 amide bonds. The van der Waals surface area contributed by atoms with E-state index < -0.39 is 10.0 Å². The highest BCUT2D eigenvalue weighted by Crippen LogP contribution is 2.28. The van der Waals surface area contributed by atoms with Crippen molar-refractivity contribution in [1.82, 2.24) is 9.21 Å². The predicted octanol–water partition coefficient (Wildman–Crippen LogP) is 2.50. The second kappa shape index (κ2) is 7.74. The van der Waals surface area contributed by atoms with Crippen LogP contribution >= 0.6 is 0 Å². The van der Waals surface area contributed by atoms with E-state index in [4.69, 9.17) is 4.74 Å². The first kappa shape index (κ1) is 18.2. The van der Waals surface area contributed by atoms with Crippen LogP contribution in [-0.4, -0.2) is 56.8 Å². The first-order chi connectivity index (χ1) is 12.0. The normalized spacial score (nSPS) is 19.6. The second-order valence-corrected chi connectivity index (χ2v) is 8.62. The summed E-state index contributed by atoms with van der Waals surface area (Å²) < 4.78 is 32.8. The van der Waals surface area contributed by atoms with Crippen molar-refractivity contribution >= 4 is 15.9 Å². The maximum absolute atomic E-state index is 13.0. The Balaban J connectivity index is 1.93. The Morgan fingerprint density at radius 2 is 1.56 bits per heavy atom. The van der Waals surface area contributed by atoms with E-state index in [2.05, 4.69) is 0 Å². The molecule has 0 unspecified atom stereocenters. The molecule has 138 valence electrons. The fourth-order valence-electron chi connectivity index (χ4n) is 3.54. The Labute approximate surface area is 149 Å². The summed E-state index contributed by atoms with van der Waals surface area (Å²) in [6.07, 6.45) is 5.87. The highest BCUT2D eigenvalue weighted by atomic mass is 32.2. The molecule has 7 heteroatoms. The minimum Gasteiger partial charge on any atom is -0.496 e. The quantitative estimate of drug-likeness (QED) is 0.821. The van der Waals surface area contributed by atoms with Gasteiger partial charge in [0.2, 0.25) is 10.0 Å². The summed E-state index contributed by atoms with van der Waals surface area (Å²) in [7, 11) is -2.08. The van der Waals surface area contributed by atoms with Crippen molar-refractivity contribution in [1.29, 1.82) is 0 Å². The number of benzene rings is 1. The Kier molecular flexibility index (Phi) is 5.64. The van der Waals surface area contributed by atoms with Gasteiger partial charge in [0.05, 0.1) is 17.6 Å². The van der Waals surface area contributed by atoms with E-state index in [1.54, 1.807) is 21.3 Å². The fraction of sp³-hybridized carbons (Fsp3) is 0.611. The largest absolute Gasteiger partial charge is 0.496 e. The minimum atomic E-state index is -3.58. The number of carbonyl (C=O) groups excluding carboxylic acids is 1. The molecule has 3 rings (SSSR count). The van der Waals surface area contributed by atoms with E-state index in [1.807, 2.05) is 0 Å². The van der Waals surface area contributed by atoms with Crippen LogP contribution in [0.1, 0.15) is 48.9 Å². The molecule has 0 saturated carbocycles. The lowest BCUT2D eigenvalue weighted by atomic mass is 10.1. The molecular weight excluding hydrogens is 340 g/mol. The van der Waals surface area contributed by atoms with Crippen LogP contribution in [-0.2, 0) is 10.0 Å². The number of sulfonamides is 1. The van der Waals surface area contributed by atoms with Crippen molar-refractivity contribution in [2.45, 2.75) is 43.4 Å². The van der Waals surface area contributed by atoms with Gasteiger partial charge in [0, 0.05) is 26.2 Å². The number of hydrogen-bond acceptors (Lipinski definition) is 4. The molecule has 0 spiro atoms. The van der Waals surface area contributed by atoms with Crippen molar-refractivity contribution in [3.63, 3.8) is 0 Å². The van der Waals surface area contributed by atoms with Crippen molar-refractivity contribution in [3.05, 3.63) is 23.8 Å². The zero-order valence-electron chi connectivity index (χ0n) is 14.7. The van der Waals surface area contributed by atoms with Gasteiger partial charge in [-0.25, -0.2) is 8.42 Å². The number of carbonyl (C=O) groups is 1. The summed E-state index contributed by atoms with van der Waals surface area (Å²) in [5.41, 5.74) is 0.334. The SMILES string of the molecule is COc1ccc(S(=O)(=O)N2CCCCCC2)cc1C(=O)N1CCCC1. The molecule has 1 aromatic carbocycles. The number of methoxy groups -OCH3 is 1. The first-order valence-electron chi connectivity index (χ1n) is 9.01. The van der Waals surface area contributed by atoms with Crippen LogP contribution in [0.4, 0.5) is 0 Å². The van der Waals surface area contributed by atoms with Gasteiger partial charge >= 0.3 is 0 Å². The van der Waals surface area contributed by atoms with Crippen LogP contribution < -0.4 is 4.74 Å². The third-order valence-electron chi connectivity index (χ3n) is 5.00. The Hall–Kier alpha value is -1.60. The number of ether oxygens (including phenoxy) is 1. The highest BCUT2D eigenvalue weighted by molar-refractivity contribution is 7.89. The maximum atomic E-state index is 13.0. The lowest BCUT2D eigenvalue weighted by Crippen LogP contribution is -2.32. The lowest BCUT2D eigenvalue weighted by molar-refractivity contribution is 0.0789. The fourth-order valence-corrected chi connectivity index (χ4v) is 5.08. The van der Waals surface area contributed by atoms with Gasteiger partial charge in [0.15, 0.2) is 0 Å². The standard InChI is InChI=1S/C18H26N2O4S/c1-24-17-9-8-15(14-16(17)18(21)19-10-6-7-11-19)25(22,23)20-12-4-2-3-5-13-20/h8-9,14H,2-7,10-13H2,1H3. The molecule has 1 aromatic rings. The third-order valence-corrected chi connectivity index (χ3v) is 6.89. The van der Waals surface area contributed by atoms with Gasteiger partial charge in [0.1, 0.15) is 5.75 Å². The van der Waals surface area contributed by atoms with E-state index in [0.29, 0.717) is 37.5 Å². The van der Waals surface area contributed by atoms with Gasteiger partial charge in [0.25, 0.3) is 5.91 Å². The molecule has 0 radical (unpaired) electrons.